The van der Waals surface area contributed by atoms with Crippen molar-refractivity contribution in [2.75, 3.05) is 18.6 Å². The van der Waals surface area contributed by atoms with E-state index in [0.29, 0.717) is 5.56 Å². The van der Waals surface area contributed by atoms with Crippen LogP contribution in [0.2, 0.25) is 0 Å². The summed E-state index contributed by atoms with van der Waals surface area (Å²) in [5.74, 6) is -0.718. The quantitative estimate of drug-likeness (QED) is 0.615. The van der Waals surface area contributed by atoms with E-state index < -0.39 is 12.6 Å². The third-order valence-corrected chi connectivity index (χ3v) is 2.05. The van der Waals surface area contributed by atoms with Crippen LogP contribution < -0.4 is 16.2 Å². The van der Waals surface area contributed by atoms with Gasteiger partial charge in [-0.05, 0) is 11.6 Å². The second-order valence-electron chi connectivity index (χ2n) is 3.22. The van der Waals surface area contributed by atoms with E-state index in [0.717, 1.165) is 6.07 Å². The molecular weight excluding hydrogens is 234 g/mol. The summed E-state index contributed by atoms with van der Waals surface area (Å²) in [7, 11) is 1.23. The second-order valence-corrected chi connectivity index (χ2v) is 3.22. The molecule has 1 rings (SSSR count). The van der Waals surface area contributed by atoms with Crippen LogP contribution in [0.4, 0.5) is 20.2 Å². The van der Waals surface area contributed by atoms with E-state index in [1.165, 1.54) is 13.2 Å². The van der Waals surface area contributed by atoms with Gasteiger partial charge in [0.05, 0.1) is 19.2 Å². The fraction of sp³-hybridized carbons (Fsp3) is 0.300. The molecular formula is C10H12F2N2O3. The maximum absolute atomic E-state index is 12.0. The predicted octanol–water partition coefficient (Wildman–Crippen LogP) is 1.17. The molecule has 0 fully saturated rings. The van der Waals surface area contributed by atoms with Crippen LogP contribution in [0, 0.1) is 0 Å². The Morgan fingerprint density at radius 3 is 2.53 bits per heavy atom. The molecule has 0 atom stereocenters. The molecule has 5 nitrogen and oxygen atoms in total. The number of rotatable bonds is 4. The summed E-state index contributed by atoms with van der Waals surface area (Å²) in [4.78, 5) is 11.0. The highest BCUT2D eigenvalue weighted by Gasteiger charge is 2.13. The lowest BCUT2D eigenvalue weighted by Gasteiger charge is -2.11. The van der Waals surface area contributed by atoms with Gasteiger partial charge in [0.15, 0.2) is 5.75 Å². The van der Waals surface area contributed by atoms with E-state index in [1.807, 2.05) is 0 Å². The van der Waals surface area contributed by atoms with Gasteiger partial charge in [0.25, 0.3) is 0 Å². The number of hydrogen-bond acceptors (Lipinski definition) is 5. The lowest BCUT2D eigenvalue weighted by molar-refractivity contribution is -0.139. The van der Waals surface area contributed by atoms with Gasteiger partial charge in [-0.1, -0.05) is 0 Å². The number of methoxy groups -OCH3 is 1. The van der Waals surface area contributed by atoms with E-state index >= 15 is 0 Å². The third-order valence-electron chi connectivity index (χ3n) is 2.05. The minimum atomic E-state index is -2.98. The van der Waals surface area contributed by atoms with Gasteiger partial charge in [-0.3, -0.25) is 4.79 Å². The van der Waals surface area contributed by atoms with E-state index in [9.17, 15) is 13.6 Å². The zero-order chi connectivity index (χ0) is 13.0. The van der Waals surface area contributed by atoms with Crippen molar-refractivity contribution in [2.45, 2.75) is 13.0 Å². The molecule has 0 bridgehead atoms. The van der Waals surface area contributed by atoms with E-state index in [4.69, 9.17) is 11.5 Å². The average molecular weight is 246 g/mol. The first kappa shape index (κ1) is 13.0. The summed E-state index contributed by atoms with van der Waals surface area (Å²) in [6.07, 6.45) is -0.0819. The van der Waals surface area contributed by atoms with Gasteiger partial charge in [0.1, 0.15) is 0 Å². The maximum Gasteiger partial charge on any atom is 0.387 e. The Labute approximate surface area is 96.3 Å². The summed E-state index contributed by atoms with van der Waals surface area (Å²) >= 11 is 0. The number of anilines is 2. The molecule has 0 saturated heterocycles. The lowest BCUT2D eigenvalue weighted by Crippen LogP contribution is -2.09. The number of alkyl halides is 2. The number of ether oxygens (including phenoxy) is 2. The molecule has 1 aromatic carbocycles. The number of benzene rings is 1. The van der Waals surface area contributed by atoms with Gasteiger partial charge in [-0.2, -0.15) is 8.78 Å². The highest BCUT2D eigenvalue weighted by molar-refractivity contribution is 5.77. The van der Waals surface area contributed by atoms with Crippen LogP contribution >= 0.6 is 0 Å². The van der Waals surface area contributed by atoms with Gasteiger partial charge in [0.2, 0.25) is 0 Å². The summed E-state index contributed by atoms with van der Waals surface area (Å²) < 4.78 is 32.6. The van der Waals surface area contributed by atoms with Gasteiger partial charge in [-0.25, -0.2) is 0 Å². The van der Waals surface area contributed by atoms with Gasteiger partial charge < -0.3 is 20.9 Å². The molecule has 0 unspecified atom stereocenters. The molecule has 7 heteroatoms. The number of carbonyl (C=O) groups excluding carboxylic acids is 1. The largest absolute Gasteiger partial charge is 0.469 e. The third kappa shape index (κ3) is 3.47. The first-order chi connectivity index (χ1) is 7.93. The predicted molar refractivity (Wildman–Crippen MR) is 57.6 cm³/mol. The highest BCUT2D eigenvalue weighted by Crippen LogP contribution is 2.29. The van der Waals surface area contributed by atoms with Crippen molar-refractivity contribution in [3.05, 3.63) is 17.7 Å². The lowest BCUT2D eigenvalue weighted by atomic mass is 10.1. The first-order valence-corrected chi connectivity index (χ1v) is 4.63. The van der Waals surface area contributed by atoms with Gasteiger partial charge in [0, 0.05) is 11.8 Å². The molecule has 0 aliphatic heterocycles. The van der Waals surface area contributed by atoms with Crippen molar-refractivity contribution < 1.29 is 23.0 Å². The van der Waals surface area contributed by atoms with Gasteiger partial charge in [-0.15, -0.1) is 0 Å². The maximum atomic E-state index is 12.0. The van der Waals surface area contributed by atoms with Crippen molar-refractivity contribution in [1.82, 2.24) is 0 Å². The number of nitrogen functional groups attached to an aromatic ring is 2. The first-order valence-electron chi connectivity index (χ1n) is 4.63. The number of hydrogen-bond donors (Lipinski definition) is 2. The molecule has 4 N–H and O–H groups in total. The fourth-order valence-corrected chi connectivity index (χ4v) is 1.24. The Morgan fingerprint density at radius 2 is 2.00 bits per heavy atom. The number of halogens is 2. The molecule has 0 aliphatic carbocycles. The average Bonchev–Trinajstić information content (AvgIpc) is 2.24. The minimum absolute atomic E-state index is 0.0154. The molecule has 17 heavy (non-hydrogen) atoms. The zero-order valence-corrected chi connectivity index (χ0v) is 9.07. The Morgan fingerprint density at radius 1 is 1.35 bits per heavy atom. The molecule has 0 saturated carbocycles. The summed E-state index contributed by atoms with van der Waals surface area (Å²) in [6.45, 7) is -2.98. The molecule has 0 aliphatic rings. The molecule has 0 heterocycles. The Kier molecular flexibility index (Phi) is 4.08. The Bertz CT molecular complexity index is 424. The normalized spacial score (nSPS) is 10.4. The molecule has 0 aromatic heterocycles. The molecule has 0 amide bonds. The molecule has 0 radical (unpaired) electrons. The van der Waals surface area contributed by atoms with Crippen molar-refractivity contribution in [3.8, 4) is 5.75 Å². The standard InChI is InChI=1S/C10H12F2N2O3/c1-16-9(15)3-5-2-7(14)8(4-6(5)13)17-10(11)12/h2,4,10H,3,13-14H2,1H3. The Hall–Kier alpha value is -2.05. The van der Waals surface area contributed by atoms with Crippen LogP contribution in [-0.2, 0) is 16.0 Å². The number of carbonyl (C=O) groups is 1. The smallest absolute Gasteiger partial charge is 0.387 e. The van der Waals surface area contributed by atoms with Crippen LogP contribution in [-0.4, -0.2) is 19.7 Å². The SMILES string of the molecule is COC(=O)Cc1cc(N)c(OC(F)F)cc1N. The van der Waals surface area contributed by atoms with E-state index in [2.05, 4.69) is 9.47 Å². The number of nitrogens with two attached hydrogens (primary N) is 2. The fourth-order valence-electron chi connectivity index (χ4n) is 1.24. The van der Waals surface area contributed by atoms with E-state index in [1.54, 1.807) is 0 Å². The second kappa shape index (κ2) is 5.33. The Balaban J connectivity index is 2.96. The van der Waals surface area contributed by atoms with Crippen LogP contribution in [0.1, 0.15) is 5.56 Å². The topological polar surface area (TPSA) is 87.6 Å². The summed E-state index contributed by atoms with van der Waals surface area (Å²) in [6, 6.07) is 2.46. The summed E-state index contributed by atoms with van der Waals surface area (Å²) in [5, 5.41) is 0. The van der Waals surface area contributed by atoms with Gasteiger partial charge >= 0.3 is 12.6 Å². The minimum Gasteiger partial charge on any atom is -0.469 e. The van der Waals surface area contributed by atoms with Crippen LogP contribution in [0.3, 0.4) is 0 Å². The molecule has 94 valence electrons. The zero-order valence-electron chi connectivity index (χ0n) is 9.07. The van der Waals surface area contributed by atoms with E-state index in [-0.39, 0.29) is 23.5 Å². The van der Waals surface area contributed by atoms with Crippen LogP contribution in [0.15, 0.2) is 12.1 Å². The van der Waals surface area contributed by atoms with Crippen LogP contribution in [0.5, 0.6) is 5.75 Å². The molecule has 1 aromatic rings. The van der Waals surface area contributed by atoms with Crippen molar-refractivity contribution in [3.63, 3.8) is 0 Å². The molecule has 0 spiro atoms. The number of esters is 1. The van der Waals surface area contributed by atoms with Crippen molar-refractivity contribution in [1.29, 1.82) is 0 Å². The van der Waals surface area contributed by atoms with Crippen LogP contribution in [0.25, 0.3) is 0 Å². The summed E-state index contributed by atoms with van der Waals surface area (Å²) in [5.41, 5.74) is 11.6. The monoisotopic (exact) mass is 246 g/mol. The van der Waals surface area contributed by atoms with Crippen molar-refractivity contribution in [2.24, 2.45) is 0 Å². The highest BCUT2D eigenvalue weighted by atomic mass is 19.3. The van der Waals surface area contributed by atoms with Crippen molar-refractivity contribution >= 4 is 17.3 Å².